The number of carbonyl (C=O) groups excluding carboxylic acids is 1. The van der Waals surface area contributed by atoms with Crippen LogP contribution in [0.1, 0.15) is 12.8 Å². The Morgan fingerprint density at radius 2 is 1.70 bits per heavy atom. The Hall–Kier alpha value is -3.19. The van der Waals surface area contributed by atoms with Gasteiger partial charge >= 0.3 is 0 Å². The zero-order valence-corrected chi connectivity index (χ0v) is 19.2. The number of nitrogens with zero attached hydrogens (tertiary/aromatic N) is 6. The van der Waals surface area contributed by atoms with E-state index in [0.717, 1.165) is 79.9 Å². The highest BCUT2D eigenvalue weighted by molar-refractivity contribution is 6.30. The van der Waals surface area contributed by atoms with Crippen molar-refractivity contribution in [3.8, 4) is 11.3 Å². The molecule has 0 bridgehead atoms. The number of anilines is 2. The number of hydrogen-bond donors (Lipinski definition) is 0. The predicted octanol–water partition coefficient (Wildman–Crippen LogP) is 3.76. The second-order valence-electron chi connectivity index (χ2n) is 8.57. The van der Waals surface area contributed by atoms with E-state index < -0.39 is 0 Å². The van der Waals surface area contributed by atoms with Gasteiger partial charge in [-0.25, -0.2) is 0 Å². The van der Waals surface area contributed by atoms with Crippen LogP contribution in [0.25, 0.3) is 11.3 Å². The van der Waals surface area contributed by atoms with Gasteiger partial charge in [0, 0.05) is 73.9 Å². The summed E-state index contributed by atoms with van der Waals surface area (Å²) in [5.41, 5.74) is 2.89. The number of aromatic nitrogens is 3. The lowest BCUT2D eigenvalue weighted by Gasteiger charge is -2.39. The SMILES string of the molecule is O=C(C1CCN(c2ccc(-c3cccnc3)nn2)CC1)N1CCN(c2cccc(Cl)c2)CC1. The van der Waals surface area contributed by atoms with Gasteiger partial charge in [0.25, 0.3) is 0 Å². The summed E-state index contributed by atoms with van der Waals surface area (Å²) < 4.78 is 0. The number of benzene rings is 1. The predicted molar refractivity (Wildman–Crippen MR) is 130 cm³/mol. The van der Waals surface area contributed by atoms with Crippen molar-refractivity contribution in [1.29, 1.82) is 0 Å². The standard InChI is InChI=1S/C25H27ClN6O/c26-21-4-1-5-22(17-21)30-13-15-32(16-14-30)25(33)19-8-11-31(12-9-19)24-7-6-23(28-29-24)20-3-2-10-27-18-20/h1-7,10,17-19H,8-9,11-16H2. The van der Waals surface area contributed by atoms with Crippen LogP contribution in [0.3, 0.4) is 0 Å². The molecule has 2 aliphatic rings. The van der Waals surface area contributed by atoms with Gasteiger partial charge in [0.2, 0.25) is 5.91 Å². The van der Waals surface area contributed by atoms with Crippen LogP contribution >= 0.6 is 11.6 Å². The first-order chi connectivity index (χ1) is 16.2. The average molecular weight is 463 g/mol. The lowest BCUT2D eigenvalue weighted by molar-refractivity contribution is -0.136. The summed E-state index contributed by atoms with van der Waals surface area (Å²) in [5, 5.41) is 9.53. The molecule has 0 spiro atoms. The van der Waals surface area contributed by atoms with E-state index in [1.54, 1.807) is 12.4 Å². The Morgan fingerprint density at radius 3 is 2.36 bits per heavy atom. The second kappa shape index (κ2) is 9.75. The van der Waals surface area contributed by atoms with Crippen LogP contribution in [0.4, 0.5) is 11.5 Å². The summed E-state index contributed by atoms with van der Waals surface area (Å²) in [6.07, 6.45) is 5.23. The molecule has 0 saturated carbocycles. The fraction of sp³-hybridized carbons (Fsp3) is 0.360. The molecule has 8 heteroatoms. The van der Waals surface area contributed by atoms with Crippen molar-refractivity contribution in [2.45, 2.75) is 12.8 Å². The number of halogens is 1. The molecule has 0 radical (unpaired) electrons. The van der Waals surface area contributed by atoms with Gasteiger partial charge in [-0.15, -0.1) is 10.2 Å². The fourth-order valence-electron chi connectivity index (χ4n) is 4.63. The quantitative estimate of drug-likeness (QED) is 0.588. The van der Waals surface area contributed by atoms with E-state index in [-0.39, 0.29) is 5.92 Å². The van der Waals surface area contributed by atoms with Gasteiger partial charge in [0.05, 0.1) is 5.69 Å². The van der Waals surface area contributed by atoms with Crippen molar-refractivity contribution in [3.63, 3.8) is 0 Å². The first-order valence-corrected chi connectivity index (χ1v) is 11.8. The van der Waals surface area contributed by atoms with E-state index >= 15 is 0 Å². The third-order valence-electron chi connectivity index (χ3n) is 6.54. The molecule has 3 aromatic rings. The molecular weight excluding hydrogens is 436 g/mol. The van der Waals surface area contributed by atoms with E-state index in [1.807, 2.05) is 47.4 Å². The number of rotatable bonds is 4. The second-order valence-corrected chi connectivity index (χ2v) is 9.01. The molecule has 5 rings (SSSR count). The number of pyridine rings is 1. The molecule has 2 aromatic heterocycles. The van der Waals surface area contributed by atoms with Gasteiger partial charge in [-0.05, 0) is 55.3 Å². The topological polar surface area (TPSA) is 65.5 Å². The van der Waals surface area contributed by atoms with Crippen LogP contribution < -0.4 is 9.80 Å². The minimum absolute atomic E-state index is 0.0848. The van der Waals surface area contributed by atoms with Crippen molar-refractivity contribution < 1.29 is 4.79 Å². The highest BCUT2D eigenvalue weighted by Crippen LogP contribution is 2.26. The van der Waals surface area contributed by atoms with Gasteiger partial charge in [-0.3, -0.25) is 9.78 Å². The summed E-state index contributed by atoms with van der Waals surface area (Å²) >= 11 is 6.13. The summed E-state index contributed by atoms with van der Waals surface area (Å²) in [5.74, 6) is 1.24. The van der Waals surface area contributed by atoms with Crippen molar-refractivity contribution in [3.05, 3.63) is 65.9 Å². The number of hydrogen-bond acceptors (Lipinski definition) is 6. The lowest BCUT2D eigenvalue weighted by Crippen LogP contribution is -2.51. The van der Waals surface area contributed by atoms with Crippen LogP contribution in [0.15, 0.2) is 60.9 Å². The minimum Gasteiger partial charge on any atom is -0.368 e. The number of piperidine rings is 1. The molecule has 0 unspecified atom stereocenters. The van der Waals surface area contributed by atoms with E-state index in [4.69, 9.17) is 11.6 Å². The largest absolute Gasteiger partial charge is 0.368 e. The summed E-state index contributed by atoms with van der Waals surface area (Å²) in [4.78, 5) is 23.8. The highest BCUT2D eigenvalue weighted by Gasteiger charge is 2.31. The highest BCUT2D eigenvalue weighted by atomic mass is 35.5. The summed E-state index contributed by atoms with van der Waals surface area (Å²) in [6.45, 7) is 4.83. The van der Waals surface area contributed by atoms with Crippen LogP contribution in [0.5, 0.6) is 0 Å². The average Bonchev–Trinajstić information content (AvgIpc) is 2.89. The minimum atomic E-state index is 0.0848. The van der Waals surface area contributed by atoms with Crippen molar-refractivity contribution in [1.82, 2.24) is 20.1 Å². The number of piperazine rings is 1. The molecule has 0 atom stereocenters. The van der Waals surface area contributed by atoms with E-state index in [9.17, 15) is 4.79 Å². The van der Waals surface area contributed by atoms with Crippen LogP contribution in [0.2, 0.25) is 5.02 Å². The summed E-state index contributed by atoms with van der Waals surface area (Å²) in [6, 6.07) is 15.8. The molecular formula is C25H27ClN6O. The van der Waals surface area contributed by atoms with Gasteiger partial charge < -0.3 is 14.7 Å². The molecule has 0 N–H and O–H groups in total. The molecule has 2 aliphatic heterocycles. The Kier molecular flexibility index (Phi) is 6.39. The molecule has 1 aromatic carbocycles. The first kappa shape index (κ1) is 21.6. The van der Waals surface area contributed by atoms with Crippen LogP contribution in [0, 0.1) is 5.92 Å². The Bertz CT molecular complexity index is 1080. The third kappa shape index (κ3) is 4.93. The van der Waals surface area contributed by atoms with Crippen molar-refractivity contribution >= 4 is 29.0 Å². The third-order valence-corrected chi connectivity index (χ3v) is 6.78. The van der Waals surface area contributed by atoms with Gasteiger partial charge in [-0.1, -0.05) is 17.7 Å². The maximum absolute atomic E-state index is 13.1. The zero-order valence-electron chi connectivity index (χ0n) is 18.5. The molecule has 1 amide bonds. The molecule has 2 saturated heterocycles. The van der Waals surface area contributed by atoms with Gasteiger partial charge in [-0.2, -0.15) is 0 Å². The van der Waals surface area contributed by atoms with Crippen molar-refractivity contribution in [2.75, 3.05) is 49.1 Å². The number of amides is 1. The monoisotopic (exact) mass is 462 g/mol. The van der Waals surface area contributed by atoms with Crippen molar-refractivity contribution in [2.24, 2.45) is 5.92 Å². The normalized spacial score (nSPS) is 17.3. The van der Waals surface area contributed by atoms with Crippen LogP contribution in [-0.2, 0) is 4.79 Å². The smallest absolute Gasteiger partial charge is 0.225 e. The maximum Gasteiger partial charge on any atom is 0.225 e. The Morgan fingerprint density at radius 1 is 0.879 bits per heavy atom. The molecule has 4 heterocycles. The zero-order chi connectivity index (χ0) is 22.6. The molecule has 2 fully saturated rings. The molecule has 33 heavy (non-hydrogen) atoms. The fourth-order valence-corrected chi connectivity index (χ4v) is 4.82. The maximum atomic E-state index is 13.1. The number of carbonyl (C=O) groups is 1. The van der Waals surface area contributed by atoms with E-state index in [2.05, 4.69) is 31.0 Å². The Labute approximate surface area is 199 Å². The first-order valence-electron chi connectivity index (χ1n) is 11.5. The molecule has 170 valence electrons. The van der Waals surface area contributed by atoms with E-state index in [1.165, 1.54) is 0 Å². The van der Waals surface area contributed by atoms with Gasteiger partial charge in [0.15, 0.2) is 5.82 Å². The summed E-state index contributed by atoms with van der Waals surface area (Å²) in [7, 11) is 0. The molecule has 7 nitrogen and oxygen atoms in total. The Balaban J connectivity index is 1.13. The van der Waals surface area contributed by atoms with E-state index in [0.29, 0.717) is 5.91 Å². The van der Waals surface area contributed by atoms with Crippen LogP contribution in [-0.4, -0.2) is 65.3 Å². The van der Waals surface area contributed by atoms with Gasteiger partial charge in [0.1, 0.15) is 0 Å². The molecule has 0 aliphatic carbocycles. The lowest BCUT2D eigenvalue weighted by atomic mass is 9.95.